The zero-order valence-electron chi connectivity index (χ0n) is 13.0. The fourth-order valence-electron chi connectivity index (χ4n) is 2.93. The number of hydrogen-bond acceptors (Lipinski definition) is 3. The van der Waals surface area contributed by atoms with E-state index in [9.17, 15) is 4.79 Å². The highest BCUT2D eigenvalue weighted by molar-refractivity contribution is 6.28. The van der Waals surface area contributed by atoms with Crippen molar-refractivity contribution < 1.29 is 4.79 Å². The first-order valence-electron chi connectivity index (χ1n) is 7.93. The molecule has 0 unspecified atom stereocenters. The molecule has 2 aromatic rings. The molecular formula is C17H21ClN4O. The standard InChI is InChI=1S/C17H21ClN4O/c18-17-19-8-11-22(17)13-16(23)20-15-6-9-21(10-7-15)12-14-4-2-1-3-5-14/h1-5,8,11,15H,6-7,9-10,12-13H2,(H,20,23). The maximum atomic E-state index is 12.1. The average molecular weight is 333 g/mol. The van der Waals surface area contributed by atoms with E-state index in [0.29, 0.717) is 5.28 Å². The Morgan fingerprint density at radius 1 is 1.26 bits per heavy atom. The van der Waals surface area contributed by atoms with Gasteiger partial charge in [0.2, 0.25) is 11.2 Å². The van der Waals surface area contributed by atoms with Gasteiger partial charge in [-0.25, -0.2) is 4.98 Å². The highest BCUT2D eigenvalue weighted by atomic mass is 35.5. The topological polar surface area (TPSA) is 50.2 Å². The number of halogens is 1. The van der Waals surface area contributed by atoms with Crippen LogP contribution in [0.25, 0.3) is 0 Å². The van der Waals surface area contributed by atoms with Gasteiger partial charge in [-0.3, -0.25) is 9.69 Å². The summed E-state index contributed by atoms with van der Waals surface area (Å²) in [5, 5.41) is 3.44. The van der Waals surface area contributed by atoms with Gasteiger partial charge < -0.3 is 9.88 Å². The predicted octanol–water partition coefficient (Wildman–Crippen LogP) is 2.32. The molecule has 1 aromatic heterocycles. The summed E-state index contributed by atoms with van der Waals surface area (Å²) in [6.07, 6.45) is 5.27. The van der Waals surface area contributed by atoms with Crippen molar-refractivity contribution in [3.63, 3.8) is 0 Å². The summed E-state index contributed by atoms with van der Waals surface area (Å²) in [5.41, 5.74) is 1.34. The number of likely N-dealkylation sites (tertiary alicyclic amines) is 1. The number of carbonyl (C=O) groups excluding carboxylic acids is 1. The molecule has 1 fully saturated rings. The van der Waals surface area contributed by atoms with Gasteiger partial charge in [-0.15, -0.1) is 0 Å². The average Bonchev–Trinajstić information content (AvgIpc) is 2.95. The van der Waals surface area contributed by atoms with Gasteiger partial charge in [-0.2, -0.15) is 0 Å². The van der Waals surface area contributed by atoms with Gasteiger partial charge in [0.1, 0.15) is 6.54 Å². The molecule has 23 heavy (non-hydrogen) atoms. The molecule has 1 saturated heterocycles. The first-order chi connectivity index (χ1) is 11.2. The van der Waals surface area contributed by atoms with E-state index in [-0.39, 0.29) is 18.5 Å². The fourth-order valence-corrected chi connectivity index (χ4v) is 3.11. The zero-order valence-corrected chi connectivity index (χ0v) is 13.7. The molecule has 0 radical (unpaired) electrons. The molecule has 6 heteroatoms. The van der Waals surface area contributed by atoms with Crippen LogP contribution in [0.5, 0.6) is 0 Å². The first-order valence-corrected chi connectivity index (χ1v) is 8.31. The Kier molecular flexibility index (Phi) is 5.31. The number of nitrogens with zero attached hydrogens (tertiary/aromatic N) is 3. The number of hydrogen-bond donors (Lipinski definition) is 1. The molecule has 3 rings (SSSR count). The predicted molar refractivity (Wildman–Crippen MR) is 90.1 cm³/mol. The van der Waals surface area contributed by atoms with E-state index in [1.54, 1.807) is 17.0 Å². The van der Waals surface area contributed by atoms with Crippen LogP contribution in [0.4, 0.5) is 0 Å². The van der Waals surface area contributed by atoms with Crippen molar-refractivity contribution in [3.8, 4) is 0 Å². The second-order valence-corrected chi connectivity index (χ2v) is 6.27. The molecule has 0 atom stereocenters. The number of piperidine rings is 1. The van der Waals surface area contributed by atoms with Crippen LogP contribution in [-0.2, 0) is 17.9 Å². The van der Waals surface area contributed by atoms with E-state index < -0.39 is 0 Å². The highest BCUT2D eigenvalue weighted by Gasteiger charge is 2.20. The Balaban J connectivity index is 1.42. The van der Waals surface area contributed by atoms with Crippen molar-refractivity contribution in [3.05, 3.63) is 53.6 Å². The van der Waals surface area contributed by atoms with Crippen molar-refractivity contribution in [1.29, 1.82) is 0 Å². The lowest BCUT2D eigenvalue weighted by Gasteiger charge is -2.32. The number of imidazole rings is 1. The van der Waals surface area contributed by atoms with Crippen molar-refractivity contribution in [2.75, 3.05) is 13.1 Å². The second kappa shape index (κ2) is 7.62. The summed E-state index contributed by atoms with van der Waals surface area (Å²) >= 11 is 5.89. The van der Waals surface area contributed by atoms with Crippen LogP contribution in [0, 0.1) is 0 Å². The van der Waals surface area contributed by atoms with E-state index in [0.717, 1.165) is 32.5 Å². The molecule has 1 amide bonds. The van der Waals surface area contributed by atoms with Crippen LogP contribution >= 0.6 is 11.6 Å². The molecule has 0 bridgehead atoms. The molecule has 1 aromatic carbocycles. The minimum atomic E-state index is -0.00795. The third-order valence-corrected chi connectivity index (χ3v) is 4.50. The minimum absolute atomic E-state index is 0.00795. The van der Waals surface area contributed by atoms with Crippen LogP contribution in [0.2, 0.25) is 5.28 Å². The maximum Gasteiger partial charge on any atom is 0.240 e. The lowest BCUT2D eigenvalue weighted by molar-refractivity contribution is -0.122. The van der Waals surface area contributed by atoms with Gasteiger partial charge in [-0.1, -0.05) is 30.3 Å². The van der Waals surface area contributed by atoms with Crippen molar-refractivity contribution in [2.24, 2.45) is 0 Å². The fraction of sp³-hybridized carbons (Fsp3) is 0.412. The van der Waals surface area contributed by atoms with Gasteiger partial charge in [0.05, 0.1) is 0 Å². The summed E-state index contributed by atoms with van der Waals surface area (Å²) in [4.78, 5) is 18.4. The summed E-state index contributed by atoms with van der Waals surface area (Å²) in [5.74, 6) is -0.00795. The van der Waals surface area contributed by atoms with E-state index in [1.165, 1.54) is 5.56 Å². The third-order valence-electron chi connectivity index (χ3n) is 4.18. The van der Waals surface area contributed by atoms with Gasteiger partial charge >= 0.3 is 0 Å². The quantitative estimate of drug-likeness (QED) is 0.914. The summed E-state index contributed by atoms with van der Waals surface area (Å²) < 4.78 is 1.64. The summed E-state index contributed by atoms with van der Waals surface area (Å²) in [6.45, 7) is 3.21. The molecule has 0 aliphatic carbocycles. The van der Waals surface area contributed by atoms with Crippen LogP contribution < -0.4 is 5.32 Å². The lowest BCUT2D eigenvalue weighted by atomic mass is 10.0. The summed E-state index contributed by atoms with van der Waals surface area (Å²) in [7, 11) is 0. The van der Waals surface area contributed by atoms with Gasteiger partial charge in [0.15, 0.2) is 0 Å². The molecular weight excluding hydrogens is 312 g/mol. The zero-order chi connectivity index (χ0) is 16.1. The molecule has 0 spiro atoms. The Morgan fingerprint density at radius 3 is 2.65 bits per heavy atom. The Morgan fingerprint density at radius 2 is 2.00 bits per heavy atom. The molecule has 0 saturated carbocycles. The number of nitrogens with one attached hydrogen (secondary N) is 1. The third kappa shape index (κ3) is 4.56. The molecule has 5 nitrogen and oxygen atoms in total. The number of aromatic nitrogens is 2. The van der Waals surface area contributed by atoms with Crippen LogP contribution in [0.15, 0.2) is 42.7 Å². The largest absolute Gasteiger partial charge is 0.352 e. The van der Waals surface area contributed by atoms with E-state index in [2.05, 4.69) is 39.5 Å². The molecule has 122 valence electrons. The SMILES string of the molecule is O=C(Cn1ccnc1Cl)NC1CCN(Cc2ccccc2)CC1. The number of carbonyl (C=O) groups is 1. The Labute approximate surface area is 141 Å². The van der Waals surface area contributed by atoms with E-state index in [4.69, 9.17) is 11.6 Å². The number of benzene rings is 1. The van der Waals surface area contributed by atoms with Crippen molar-refractivity contribution >= 4 is 17.5 Å². The molecule has 1 aliphatic rings. The van der Waals surface area contributed by atoms with Crippen LogP contribution in [0.3, 0.4) is 0 Å². The van der Waals surface area contributed by atoms with E-state index >= 15 is 0 Å². The highest BCUT2D eigenvalue weighted by Crippen LogP contribution is 2.14. The minimum Gasteiger partial charge on any atom is -0.352 e. The van der Waals surface area contributed by atoms with Crippen molar-refractivity contribution in [1.82, 2.24) is 19.8 Å². The van der Waals surface area contributed by atoms with Gasteiger partial charge in [0.25, 0.3) is 0 Å². The van der Waals surface area contributed by atoms with Gasteiger partial charge in [-0.05, 0) is 30.0 Å². The lowest BCUT2D eigenvalue weighted by Crippen LogP contribution is -2.45. The Hall–Kier alpha value is -1.85. The van der Waals surface area contributed by atoms with Crippen LogP contribution in [0.1, 0.15) is 18.4 Å². The number of amides is 1. The van der Waals surface area contributed by atoms with Gasteiger partial charge in [0, 0.05) is 38.1 Å². The molecule has 1 N–H and O–H groups in total. The Bertz CT molecular complexity index is 635. The second-order valence-electron chi connectivity index (χ2n) is 5.93. The molecule has 1 aliphatic heterocycles. The molecule has 2 heterocycles. The summed E-state index contributed by atoms with van der Waals surface area (Å²) in [6, 6.07) is 10.7. The first kappa shape index (κ1) is 16.0. The monoisotopic (exact) mass is 332 g/mol. The maximum absolute atomic E-state index is 12.1. The van der Waals surface area contributed by atoms with Crippen molar-refractivity contribution in [2.45, 2.75) is 32.0 Å². The van der Waals surface area contributed by atoms with E-state index in [1.807, 2.05) is 6.07 Å². The van der Waals surface area contributed by atoms with Crippen LogP contribution in [-0.4, -0.2) is 39.5 Å². The smallest absolute Gasteiger partial charge is 0.240 e. The number of rotatable bonds is 5. The normalized spacial score (nSPS) is 16.4.